The van der Waals surface area contributed by atoms with Crippen molar-refractivity contribution in [1.29, 1.82) is 0 Å². The molecule has 0 unspecified atom stereocenters. The van der Waals surface area contributed by atoms with Gasteiger partial charge < -0.3 is 5.11 Å². The number of hydrogen-bond acceptors (Lipinski definition) is 2. The molecule has 3 heteroatoms. The predicted octanol–water partition coefficient (Wildman–Crippen LogP) is 3.05. The topological polar surface area (TPSA) is 32.3 Å². The highest BCUT2D eigenvalue weighted by atomic mass is 31.2. The van der Waals surface area contributed by atoms with Crippen LogP contribution in [0.1, 0.15) is 12.8 Å². The van der Waals surface area contributed by atoms with E-state index >= 15 is 0 Å². The van der Waals surface area contributed by atoms with Crippen LogP contribution in [0, 0.1) is 0 Å². The van der Waals surface area contributed by atoms with E-state index in [9.17, 15) is 5.11 Å². The van der Waals surface area contributed by atoms with Gasteiger partial charge in [-0.15, -0.1) is 6.61 Å². The van der Waals surface area contributed by atoms with Crippen molar-refractivity contribution in [3.63, 3.8) is 0 Å². The highest BCUT2D eigenvalue weighted by Gasteiger charge is 2.47. The van der Waals surface area contributed by atoms with E-state index in [2.05, 4.69) is 72.8 Å². The molecule has 0 spiro atoms. The predicted molar refractivity (Wildman–Crippen MR) is 105 cm³/mol. The molecule has 128 valence electrons. The largest absolute Gasteiger partial charge is 0.854 e. The lowest BCUT2D eigenvalue weighted by atomic mass is 10.3. The second-order valence-corrected chi connectivity index (χ2v) is 8.89. The fraction of sp³-hybridized carbons (Fsp3) is 0.182. The molecule has 3 rings (SSSR count). The Kier molecular flexibility index (Phi) is 6.36. The first-order valence-electron chi connectivity index (χ1n) is 8.66. The summed E-state index contributed by atoms with van der Waals surface area (Å²) in [5.41, 5.74) is 0. The lowest BCUT2D eigenvalue weighted by Gasteiger charge is -2.26. The summed E-state index contributed by atoms with van der Waals surface area (Å²) in [6.07, 6.45) is 1.44. The summed E-state index contributed by atoms with van der Waals surface area (Å²) in [6.45, 7) is 0.547. The molecule has 2 nitrogen and oxygen atoms in total. The molecule has 0 bridgehead atoms. The van der Waals surface area contributed by atoms with Gasteiger partial charge in [-0.2, -0.15) is 0 Å². The summed E-state index contributed by atoms with van der Waals surface area (Å²) in [5, 5.41) is 14.4. The molecule has 0 heterocycles. The third-order valence-corrected chi connectivity index (χ3v) is 7.83. The van der Waals surface area contributed by atoms with Gasteiger partial charge in [0.2, 0.25) is 7.49 Å². The maximum Gasteiger partial charge on any atom is 0.242 e. The molecular weight excluding hydrogens is 327 g/mol. The van der Waals surface area contributed by atoms with E-state index in [1.54, 1.807) is 0 Å². The van der Waals surface area contributed by atoms with Crippen LogP contribution in [0.2, 0.25) is 0 Å². The molecule has 0 saturated carbocycles. The van der Waals surface area contributed by atoms with Gasteiger partial charge in [-0.25, -0.2) is 4.52 Å². The SMILES string of the molecule is [O-]CCCCO[P+](c1ccccc1)(c1ccccc1)c1ccccc1. The molecule has 0 fully saturated rings. The van der Waals surface area contributed by atoms with Crippen molar-refractivity contribution in [2.24, 2.45) is 0 Å². The van der Waals surface area contributed by atoms with Crippen LogP contribution in [-0.4, -0.2) is 13.2 Å². The molecule has 0 atom stereocenters. The lowest BCUT2D eigenvalue weighted by molar-refractivity contribution is -0.368. The Morgan fingerprint density at radius 3 is 1.36 bits per heavy atom. The Morgan fingerprint density at radius 2 is 1.00 bits per heavy atom. The van der Waals surface area contributed by atoms with E-state index in [0.717, 1.165) is 6.42 Å². The van der Waals surface area contributed by atoms with Gasteiger partial charge in [0.05, 0.1) is 6.61 Å². The van der Waals surface area contributed by atoms with Crippen LogP contribution in [0.25, 0.3) is 0 Å². The van der Waals surface area contributed by atoms with Crippen LogP contribution in [0.15, 0.2) is 91.0 Å². The molecule has 0 N–H and O–H groups in total. The van der Waals surface area contributed by atoms with E-state index in [4.69, 9.17) is 4.52 Å². The smallest absolute Gasteiger partial charge is 0.242 e. The Labute approximate surface area is 150 Å². The van der Waals surface area contributed by atoms with Crippen molar-refractivity contribution in [3.8, 4) is 0 Å². The highest BCUT2D eigenvalue weighted by Crippen LogP contribution is 2.56. The van der Waals surface area contributed by atoms with Crippen LogP contribution in [0.3, 0.4) is 0 Å². The van der Waals surface area contributed by atoms with Crippen molar-refractivity contribution in [1.82, 2.24) is 0 Å². The van der Waals surface area contributed by atoms with Gasteiger partial charge in [-0.1, -0.05) is 61.0 Å². The molecular formula is C22H23O2P. The molecule has 0 aliphatic heterocycles. The van der Waals surface area contributed by atoms with Crippen molar-refractivity contribution >= 4 is 23.4 Å². The number of rotatable bonds is 8. The lowest BCUT2D eigenvalue weighted by Crippen LogP contribution is -2.33. The second kappa shape index (κ2) is 8.92. The van der Waals surface area contributed by atoms with E-state index in [1.807, 2.05) is 18.2 Å². The van der Waals surface area contributed by atoms with E-state index in [0.29, 0.717) is 13.0 Å². The second-order valence-electron chi connectivity index (χ2n) is 5.86. The summed E-state index contributed by atoms with van der Waals surface area (Å²) in [5.74, 6) is 0. The average molecular weight is 350 g/mol. The van der Waals surface area contributed by atoms with E-state index in [1.165, 1.54) is 15.9 Å². The van der Waals surface area contributed by atoms with Gasteiger partial charge >= 0.3 is 0 Å². The fourth-order valence-corrected chi connectivity index (χ4v) is 6.51. The van der Waals surface area contributed by atoms with E-state index < -0.39 is 7.49 Å². The zero-order valence-electron chi connectivity index (χ0n) is 14.3. The summed E-state index contributed by atoms with van der Waals surface area (Å²) in [4.78, 5) is 0. The standard InChI is InChI=1S/C22H23O2P/c23-18-10-11-19-24-25(20-12-4-1-5-13-20,21-14-6-2-7-15-21)22-16-8-3-9-17-22/h1-9,12-17H,10-11,18-19H2. The summed E-state index contributed by atoms with van der Waals surface area (Å²) < 4.78 is 6.66. The van der Waals surface area contributed by atoms with Gasteiger partial charge in [0, 0.05) is 0 Å². The Hall–Kier alpha value is -1.99. The van der Waals surface area contributed by atoms with Crippen LogP contribution in [-0.2, 0) is 4.52 Å². The van der Waals surface area contributed by atoms with Crippen molar-refractivity contribution in [3.05, 3.63) is 91.0 Å². The Balaban J connectivity index is 2.13. The average Bonchev–Trinajstić information content (AvgIpc) is 2.70. The van der Waals surface area contributed by atoms with Crippen molar-refractivity contribution in [2.75, 3.05) is 13.2 Å². The van der Waals surface area contributed by atoms with E-state index in [-0.39, 0.29) is 6.61 Å². The highest BCUT2D eigenvalue weighted by molar-refractivity contribution is 7.91. The minimum absolute atomic E-state index is 0.0448. The summed E-state index contributed by atoms with van der Waals surface area (Å²) in [7, 11) is -2.20. The molecule has 25 heavy (non-hydrogen) atoms. The first-order valence-corrected chi connectivity index (χ1v) is 10.4. The number of hydrogen-bond donors (Lipinski definition) is 0. The summed E-state index contributed by atoms with van der Waals surface area (Å²) in [6, 6.07) is 31.4. The minimum Gasteiger partial charge on any atom is -0.854 e. The van der Waals surface area contributed by atoms with Gasteiger partial charge in [-0.05, 0) is 42.8 Å². The van der Waals surface area contributed by atoms with Gasteiger partial charge in [0.25, 0.3) is 0 Å². The molecule has 3 aromatic carbocycles. The Morgan fingerprint density at radius 1 is 0.600 bits per heavy atom. The van der Waals surface area contributed by atoms with Gasteiger partial charge in [-0.3, -0.25) is 0 Å². The number of unbranched alkanes of at least 4 members (excludes halogenated alkanes) is 1. The van der Waals surface area contributed by atoms with Crippen LogP contribution >= 0.6 is 7.49 Å². The number of benzene rings is 3. The molecule has 0 aromatic heterocycles. The zero-order valence-corrected chi connectivity index (χ0v) is 15.1. The third-order valence-electron chi connectivity index (χ3n) is 4.18. The van der Waals surface area contributed by atoms with Crippen molar-refractivity contribution < 1.29 is 9.63 Å². The van der Waals surface area contributed by atoms with Crippen molar-refractivity contribution in [2.45, 2.75) is 12.8 Å². The monoisotopic (exact) mass is 350 g/mol. The molecule has 0 aliphatic carbocycles. The van der Waals surface area contributed by atoms with Crippen LogP contribution in [0.5, 0.6) is 0 Å². The fourth-order valence-electron chi connectivity index (χ4n) is 2.99. The molecule has 0 radical (unpaired) electrons. The minimum atomic E-state index is -2.20. The normalized spacial score (nSPS) is 11.4. The molecule has 0 amide bonds. The maximum atomic E-state index is 10.8. The molecule has 0 saturated heterocycles. The maximum absolute atomic E-state index is 10.8. The van der Waals surface area contributed by atoms with Gasteiger partial charge in [0.15, 0.2) is 0 Å². The molecule has 3 aromatic rings. The Bertz CT molecular complexity index is 648. The van der Waals surface area contributed by atoms with Crippen LogP contribution in [0.4, 0.5) is 0 Å². The molecule has 0 aliphatic rings. The van der Waals surface area contributed by atoms with Crippen LogP contribution < -0.4 is 21.0 Å². The quantitative estimate of drug-likeness (QED) is 0.462. The summed E-state index contributed by atoms with van der Waals surface area (Å²) >= 11 is 0. The van der Waals surface area contributed by atoms with Gasteiger partial charge in [0.1, 0.15) is 15.9 Å². The zero-order chi connectivity index (χ0) is 17.4. The first-order chi connectivity index (χ1) is 12.4. The first kappa shape index (κ1) is 17.8. The third kappa shape index (κ3) is 3.99.